The van der Waals surface area contributed by atoms with Crippen molar-refractivity contribution in [1.82, 2.24) is 0 Å². The van der Waals surface area contributed by atoms with Gasteiger partial charge in [-0.25, -0.2) is 0 Å². The van der Waals surface area contributed by atoms with Crippen LogP contribution in [0.15, 0.2) is 35.3 Å². The Morgan fingerprint density at radius 1 is 1.53 bits per heavy atom. The summed E-state index contributed by atoms with van der Waals surface area (Å²) < 4.78 is 0.981. The highest BCUT2D eigenvalue weighted by Crippen LogP contribution is 2.27. The molecular weight excluding hydrogens is 273 g/mol. The van der Waals surface area contributed by atoms with Crippen molar-refractivity contribution in [2.75, 3.05) is 0 Å². The van der Waals surface area contributed by atoms with Gasteiger partial charge in [-0.1, -0.05) is 39.7 Å². The number of rotatable bonds is 5. The molecule has 0 aliphatic carbocycles. The van der Waals surface area contributed by atoms with Gasteiger partial charge in [-0.3, -0.25) is 0 Å². The van der Waals surface area contributed by atoms with Crippen LogP contribution in [0.1, 0.15) is 30.9 Å². The van der Waals surface area contributed by atoms with Gasteiger partial charge in [-0.15, -0.1) is 6.58 Å². The quantitative estimate of drug-likeness (QED) is 0.628. The summed E-state index contributed by atoms with van der Waals surface area (Å²) in [5.41, 5.74) is 7.07. The number of halogens is 2. The molecule has 1 aromatic carbocycles. The van der Waals surface area contributed by atoms with Crippen LogP contribution in [0, 0.1) is 0 Å². The molecule has 0 amide bonds. The molecule has 0 aliphatic rings. The standard InChI is InChI=1S/C12H15BrClN/c1-2-3-4-5-12(15)10-7-6-9(13)8-11(10)14/h2,6-8,12H,1,3-5,15H2. The zero-order valence-electron chi connectivity index (χ0n) is 8.55. The molecule has 15 heavy (non-hydrogen) atoms. The van der Waals surface area contributed by atoms with Gasteiger partial charge in [0.05, 0.1) is 0 Å². The largest absolute Gasteiger partial charge is 0.324 e. The molecule has 0 fully saturated rings. The Kier molecular flexibility index (Phi) is 5.37. The van der Waals surface area contributed by atoms with Gasteiger partial charge in [0.2, 0.25) is 0 Å². The van der Waals surface area contributed by atoms with Crippen LogP contribution in [0.3, 0.4) is 0 Å². The Labute approximate surface area is 104 Å². The SMILES string of the molecule is C=CCCCC(N)c1ccc(Br)cc1Cl. The number of hydrogen-bond donors (Lipinski definition) is 1. The highest BCUT2D eigenvalue weighted by molar-refractivity contribution is 9.10. The van der Waals surface area contributed by atoms with Gasteiger partial charge >= 0.3 is 0 Å². The lowest BCUT2D eigenvalue weighted by Crippen LogP contribution is -2.10. The summed E-state index contributed by atoms with van der Waals surface area (Å²) in [7, 11) is 0. The Morgan fingerprint density at radius 3 is 2.87 bits per heavy atom. The molecule has 0 radical (unpaired) electrons. The number of benzene rings is 1. The second-order valence-electron chi connectivity index (χ2n) is 3.49. The summed E-state index contributed by atoms with van der Waals surface area (Å²) in [6, 6.07) is 5.84. The van der Waals surface area contributed by atoms with Crippen LogP contribution in [0.25, 0.3) is 0 Å². The van der Waals surface area contributed by atoms with E-state index in [9.17, 15) is 0 Å². The van der Waals surface area contributed by atoms with E-state index in [1.54, 1.807) is 0 Å². The zero-order chi connectivity index (χ0) is 11.3. The van der Waals surface area contributed by atoms with Crippen LogP contribution < -0.4 is 5.73 Å². The first kappa shape index (κ1) is 12.8. The lowest BCUT2D eigenvalue weighted by atomic mass is 10.0. The third-order valence-corrected chi connectivity index (χ3v) is 3.11. The molecule has 0 bridgehead atoms. The molecule has 0 saturated heterocycles. The Bertz CT molecular complexity index is 338. The number of allylic oxidation sites excluding steroid dienone is 1. The van der Waals surface area contributed by atoms with E-state index in [0.717, 1.165) is 34.3 Å². The van der Waals surface area contributed by atoms with Crippen molar-refractivity contribution in [2.24, 2.45) is 5.73 Å². The molecule has 1 aromatic rings. The molecule has 1 rings (SSSR count). The fraction of sp³-hybridized carbons (Fsp3) is 0.333. The molecule has 3 heteroatoms. The minimum atomic E-state index is 0.0190. The van der Waals surface area contributed by atoms with Gasteiger partial charge in [-0.2, -0.15) is 0 Å². The van der Waals surface area contributed by atoms with E-state index in [2.05, 4.69) is 22.5 Å². The van der Waals surface area contributed by atoms with Gasteiger partial charge in [0, 0.05) is 15.5 Å². The summed E-state index contributed by atoms with van der Waals surface area (Å²) in [4.78, 5) is 0. The van der Waals surface area contributed by atoms with E-state index in [4.69, 9.17) is 17.3 Å². The molecule has 0 spiro atoms. The zero-order valence-corrected chi connectivity index (χ0v) is 10.9. The van der Waals surface area contributed by atoms with Crippen LogP contribution in [0.4, 0.5) is 0 Å². The van der Waals surface area contributed by atoms with Crippen LogP contribution in [-0.4, -0.2) is 0 Å². The number of nitrogens with two attached hydrogens (primary N) is 1. The highest BCUT2D eigenvalue weighted by atomic mass is 79.9. The van der Waals surface area contributed by atoms with Crippen LogP contribution in [0.2, 0.25) is 5.02 Å². The second-order valence-corrected chi connectivity index (χ2v) is 4.81. The molecule has 0 heterocycles. The molecule has 82 valence electrons. The predicted octanol–water partition coefficient (Wildman–Crippen LogP) is 4.46. The highest BCUT2D eigenvalue weighted by Gasteiger charge is 2.09. The maximum Gasteiger partial charge on any atom is 0.0464 e. The van der Waals surface area contributed by atoms with Crippen molar-refractivity contribution in [3.05, 3.63) is 45.9 Å². The number of unbranched alkanes of at least 4 members (excludes halogenated alkanes) is 1. The van der Waals surface area contributed by atoms with Gasteiger partial charge in [-0.05, 0) is 37.0 Å². The normalized spacial score (nSPS) is 12.5. The molecular formula is C12H15BrClN. The van der Waals surface area contributed by atoms with Crippen LogP contribution >= 0.6 is 27.5 Å². The minimum Gasteiger partial charge on any atom is -0.324 e. The molecule has 1 atom stereocenters. The molecule has 1 unspecified atom stereocenters. The van der Waals surface area contributed by atoms with E-state index in [1.807, 2.05) is 24.3 Å². The average molecular weight is 289 g/mol. The topological polar surface area (TPSA) is 26.0 Å². The average Bonchev–Trinajstić information content (AvgIpc) is 2.17. The van der Waals surface area contributed by atoms with E-state index < -0.39 is 0 Å². The van der Waals surface area contributed by atoms with E-state index >= 15 is 0 Å². The molecule has 0 aliphatic heterocycles. The van der Waals surface area contributed by atoms with Gasteiger partial charge < -0.3 is 5.73 Å². The van der Waals surface area contributed by atoms with Crippen LogP contribution in [-0.2, 0) is 0 Å². The smallest absolute Gasteiger partial charge is 0.0464 e. The maximum absolute atomic E-state index is 6.11. The van der Waals surface area contributed by atoms with Crippen molar-refractivity contribution in [3.8, 4) is 0 Å². The first-order valence-corrected chi connectivity index (χ1v) is 6.13. The third kappa shape index (κ3) is 3.98. The maximum atomic E-state index is 6.11. The predicted molar refractivity (Wildman–Crippen MR) is 70.1 cm³/mol. The fourth-order valence-corrected chi connectivity index (χ4v) is 2.25. The summed E-state index contributed by atoms with van der Waals surface area (Å²) in [5.74, 6) is 0. The monoisotopic (exact) mass is 287 g/mol. The van der Waals surface area contributed by atoms with Gasteiger partial charge in [0.1, 0.15) is 0 Å². The van der Waals surface area contributed by atoms with E-state index in [1.165, 1.54) is 0 Å². The third-order valence-electron chi connectivity index (χ3n) is 2.29. The van der Waals surface area contributed by atoms with E-state index in [-0.39, 0.29) is 6.04 Å². The summed E-state index contributed by atoms with van der Waals surface area (Å²) in [6.07, 6.45) is 4.90. The molecule has 2 N–H and O–H groups in total. The van der Waals surface area contributed by atoms with Gasteiger partial charge in [0.25, 0.3) is 0 Å². The van der Waals surface area contributed by atoms with E-state index in [0.29, 0.717) is 0 Å². The summed E-state index contributed by atoms with van der Waals surface area (Å²) in [6.45, 7) is 3.69. The molecule has 0 aromatic heterocycles. The Hall–Kier alpha value is -0.310. The summed E-state index contributed by atoms with van der Waals surface area (Å²) in [5, 5.41) is 0.732. The van der Waals surface area contributed by atoms with Gasteiger partial charge in [0.15, 0.2) is 0 Å². The number of hydrogen-bond acceptors (Lipinski definition) is 1. The lowest BCUT2D eigenvalue weighted by Gasteiger charge is -2.13. The second kappa shape index (κ2) is 6.31. The molecule has 0 saturated carbocycles. The van der Waals surface area contributed by atoms with Crippen molar-refractivity contribution in [2.45, 2.75) is 25.3 Å². The first-order chi connectivity index (χ1) is 7.15. The lowest BCUT2D eigenvalue weighted by molar-refractivity contribution is 0.617. The summed E-state index contributed by atoms with van der Waals surface area (Å²) >= 11 is 9.48. The minimum absolute atomic E-state index is 0.0190. The van der Waals surface area contributed by atoms with Crippen LogP contribution in [0.5, 0.6) is 0 Å². The van der Waals surface area contributed by atoms with Crippen molar-refractivity contribution in [1.29, 1.82) is 0 Å². The Morgan fingerprint density at radius 2 is 2.27 bits per heavy atom. The first-order valence-electron chi connectivity index (χ1n) is 4.96. The fourth-order valence-electron chi connectivity index (χ4n) is 1.44. The van der Waals surface area contributed by atoms with Crippen molar-refractivity contribution in [3.63, 3.8) is 0 Å². The Balaban J connectivity index is 2.64. The molecule has 1 nitrogen and oxygen atoms in total. The van der Waals surface area contributed by atoms with Crippen molar-refractivity contribution >= 4 is 27.5 Å². The van der Waals surface area contributed by atoms with Crippen molar-refractivity contribution < 1.29 is 0 Å².